The molecule has 1 aliphatic carbocycles. The molecule has 2 fully saturated rings. The van der Waals surface area contributed by atoms with Crippen LogP contribution in [0, 0.1) is 5.92 Å². The van der Waals surface area contributed by atoms with Gasteiger partial charge >= 0.3 is 0 Å². The molecule has 2 N–H and O–H groups in total. The van der Waals surface area contributed by atoms with Crippen molar-refractivity contribution in [3.05, 3.63) is 0 Å². The number of amides is 2. The second-order valence-corrected chi connectivity index (χ2v) is 3.77. The van der Waals surface area contributed by atoms with Crippen LogP contribution in [0.5, 0.6) is 0 Å². The van der Waals surface area contributed by atoms with E-state index < -0.39 is 0 Å². The molecular formula is C9H14N2O2. The summed E-state index contributed by atoms with van der Waals surface area (Å²) in [6.07, 6.45) is 3.85. The minimum absolute atomic E-state index is 0.0346. The van der Waals surface area contributed by atoms with E-state index in [-0.39, 0.29) is 23.8 Å². The Morgan fingerprint density at radius 2 is 2.15 bits per heavy atom. The van der Waals surface area contributed by atoms with E-state index in [0.29, 0.717) is 6.54 Å². The maximum absolute atomic E-state index is 11.4. The standard InChI is InChI=1S/C9H14N2O2/c12-8(6-2-1-3-6)11-7-4-5-10-9(7)13/h6-7H,1-5H2,(H,10,13)(H,11,12)/t7-/m1/s1. The van der Waals surface area contributed by atoms with Crippen molar-refractivity contribution in [1.29, 1.82) is 0 Å². The van der Waals surface area contributed by atoms with Gasteiger partial charge in [-0.2, -0.15) is 0 Å². The molecule has 4 nitrogen and oxygen atoms in total. The molecule has 72 valence electrons. The lowest BCUT2D eigenvalue weighted by Crippen LogP contribution is -2.44. The van der Waals surface area contributed by atoms with Gasteiger partial charge in [0.05, 0.1) is 0 Å². The van der Waals surface area contributed by atoms with E-state index >= 15 is 0 Å². The Bertz CT molecular complexity index is 236. The number of carbonyl (C=O) groups excluding carboxylic acids is 2. The lowest BCUT2D eigenvalue weighted by Gasteiger charge is -2.25. The van der Waals surface area contributed by atoms with E-state index in [2.05, 4.69) is 10.6 Å². The number of nitrogens with one attached hydrogen (secondary N) is 2. The van der Waals surface area contributed by atoms with Gasteiger partial charge in [0.25, 0.3) is 0 Å². The number of rotatable bonds is 2. The van der Waals surface area contributed by atoms with Gasteiger partial charge in [-0.15, -0.1) is 0 Å². The lowest BCUT2D eigenvalue weighted by atomic mass is 9.84. The van der Waals surface area contributed by atoms with Crippen molar-refractivity contribution in [2.75, 3.05) is 6.54 Å². The molecule has 1 atom stereocenters. The first-order valence-electron chi connectivity index (χ1n) is 4.85. The molecule has 13 heavy (non-hydrogen) atoms. The van der Waals surface area contributed by atoms with Crippen molar-refractivity contribution in [2.24, 2.45) is 5.92 Å². The molecule has 0 aromatic carbocycles. The fourth-order valence-electron chi connectivity index (χ4n) is 1.69. The van der Waals surface area contributed by atoms with Gasteiger partial charge in [0, 0.05) is 12.5 Å². The zero-order chi connectivity index (χ0) is 9.26. The fraction of sp³-hybridized carbons (Fsp3) is 0.778. The quantitative estimate of drug-likeness (QED) is 0.621. The molecule has 2 aliphatic rings. The first-order chi connectivity index (χ1) is 6.27. The van der Waals surface area contributed by atoms with Crippen molar-refractivity contribution >= 4 is 11.8 Å². The van der Waals surface area contributed by atoms with Crippen molar-refractivity contribution in [1.82, 2.24) is 10.6 Å². The smallest absolute Gasteiger partial charge is 0.242 e. The Kier molecular flexibility index (Phi) is 2.20. The third-order valence-corrected chi connectivity index (χ3v) is 2.84. The van der Waals surface area contributed by atoms with Crippen molar-refractivity contribution in [3.63, 3.8) is 0 Å². The molecule has 1 saturated heterocycles. The van der Waals surface area contributed by atoms with Crippen LogP contribution in [-0.2, 0) is 9.59 Å². The van der Waals surface area contributed by atoms with Crippen LogP contribution in [0.15, 0.2) is 0 Å². The predicted octanol–water partition coefficient (Wildman–Crippen LogP) is -0.209. The van der Waals surface area contributed by atoms with Gasteiger partial charge < -0.3 is 10.6 Å². The highest BCUT2D eigenvalue weighted by molar-refractivity contribution is 5.89. The largest absolute Gasteiger partial charge is 0.354 e. The SMILES string of the molecule is O=C(N[C@@H]1CCNC1=O)C1CCC1. The Hall–Kier alpha value is -1.06. The molecule has 1 saturated carbocycles. The minimum atomic E-state index is -0.270. The van der Waals surface area contributed by atoms with Crippen LogP contribution in [0.3, 0.4) is 0 Å². The normalized spacial score (nSPS) is 28.0. The highest BCUT2D eigenvalue weighted by Gasteiger charge is 2.30. The molecular weight excluding hydrogens is 168 g/mol. The number of hydrogen-bond acceptors (Lipinski definition) is 2. The van der Waals surface area contributed by atoms with Gasteiger partial charge in [-0.3, -0.25) is 9.59 Å². The van der Waals surface area contributed by atoms with Crippen LogP contribution >= 0.6 is 0 Å². The maximum Gasteiger partial charge on any atom is 0.242 e. The van der Waals surface area contributed by atoms with E-state index in [1.807, 2.05) is 0 Å². The van der Waals surface area contributed by atoms with E-state index in [0.717, 1.165) is 25.7 Å². The van der Waals surface area contributed by atoms with E-state index in [1.54, 1.807) is 0 Å². The Labute approximate surface area is 77.1 Å². The average molecular weight is 182 g/mol. The van der Waals surface area contributed by atoms with Crippen LogP contribution in [0.4, 0.5) is 0 Å². The van der Waals surface area contributed by atoms with E-state index in [1.165, 1.54) is 0 Å². The zero-order valence-corrected chi connectivity index (χ0v) is 7.51. The predicted molar refractivity (Wildman–Crippen MR) is 46.9 cm³/mol. The molecule has 0 spiro atoms. The van der Waals surface area contributed by atoms with Crippen molar-refractivity contribution in [2.45, 2.75) is 31.7 Å². The summed E-state index contributed by atoms with van der Waals surface area (Å²) in [5.41, 5.74) is 0. The van der Waals surface area contributed by atoms with Crippen molar-refractivity contribution < 1.29 is 9.59 Å². The average Bonchev–Trinajstić information content (AvgIpc) is 2.32. The van der Waals surface area contributed by atoms with E-state index in [4.69, 9.17) is 0 Å². The highest BCUT2D eigenvalue weighted by Crippen LogP contribution is 2.26. The summed E-state index contributed by atoms with van der Waals surface area (Å²) in [5, 5.41) is 5.48. The topological polar surface area (TPSA) is 58.2 Å². The van der Waals surface area contributed by atoms with Gasteiger partial charge in [-0.1, -0.05) is 6.42 Å². The second-order valence-electron chi connectivity index (χ2n) is 3.77. The van der Waals surface area contributed by atoms with Gasteiger partial charge in [-0.05, 0) is 19.3 Å². The first kappa shape index (κ1) is 8.53. The molecule has 1 heterocycles. The lowest BCUT2D eigenvalue weighted by molar-refractivity contribution is -0.131. The third-order valence-electron chi connectivity index (χ3n) is 2.84. The molecule has 0 unspecified atom stereocenters. The van der Waals surface area contributed by atoms with Gasteiger partial charge in [-0.25, -0.2) is 0 Å². The molecule has 0 radical (unpaired) electrons. The molecule has 2 amide bonds. The van der Waals surface area contributed by atoms with Crippen LogP contribution in [0.25, 0.3) is 0 Å². The number of hydrogen-bond donors (Lipinski definition) is 2. The van der Waals surface area contributed by atoms with Crippen molar-refractivity contribution in [3.8, 4) is 0 Å². The zero-order valence-electron chi connectivity index (χ0n) is 7.51. The summed E-state index contributed by atoms with van der Waals surface area (Å²) in [7, 11) is 0. The summed E-state index contributed by atoms with van der Waals surface area (Å²) in [4.78, 5) is 22.5. The van der Waals surface area contributed by atoms with Crippen LogP contribution in [-0.4, -0.2) is 24.4 Å². The molecule has 0 aromatic heterocycles. The first-order valence-corrected chi connectivity index (χ1v) is 4.85. The summed E-state index contributed by atoms with van der Waals surface area (Å²) in [5.74, 6) is 0.203. The third kappa shape index (κ3) is 1.66. The Morgan fingerprint density at radius 3 is 2.62 bits per heavy atom. The van der Waals surface area contributed by atoms with Crippen LogP contribution in [0.1, 0.15) is 25.7 Å². The summed E-state index contributed by atoms with van der Waals surface area (Å²) in [6.45, 7) is 0.689. The summed E-state index contributed by atoms with van der Waals surface area (Å²) >= 11 is 0. The maximum atomic E-state index is 11.4. The molecule has 2 rings (SSSR count). The second kappa shape index (κ2) is 3.36. The minimum Gasteiger partial charge on any atom is -0.354 e. The van der Waals surface area contributed by atoms with Gasteiger partial charge in [0.2, 0.25) is 11.8 Å². The Morgan fingerprint density at radius 1 is 1.38 bits per heavy atom. The molecule has 0 aromatic rings. The van der Waals surface area contributed by atoms with Crippen LogP contribution < -0.4 is 10.6 Å². The molecule has 1 aliphatic heterocycles. The molecule has 4 heteroatoms. The summed E-state index contributed by atoms with van der Waals surface area (Å²) < 4.78 is 0. The summed E-state index contributed by atoms with van der Waals surface area (Å²) in [6, 6.07) is -0.270. The fourth-order valence-corrected chi connectivity index (χ4v) is 1.69. The monoisotopic (exact) mass is 182 g/mol. The van der Waals surface area contributed by atoms with Gasteiger partial charge in [0.15, 0.2) is 0 Å². The van der Waals surface area contributed by atoms with E-state index in [9.17, 15) is 9.59 Å². The number of carbonyl (C=O) groups is 2. The van der Waals surface area contributed by atoms with Crippen LogP contribution in [0.2, 0.25) is 0 Å². The molecule has 0 bridgehead atoms. The van der Waals surface area contributed by atoms with Gasteiger partial charge in [0.1, 0.15) is 6.04 Å². The highest BCUT2D eigenvalue weighted by atomic mass is 16.2. The Balaban J connectivity index is 1.82.